The Kier molecular flexibility index (Phi) is 6.51. The van der Waals surface area contributed by atoms with E-state index >= 15 is 0 Å². The molecule has 4 N–H and O–H groups in total. The number of esters is 1. The van der Waals surface area contributed by atoms with Crippen molar-refractivity contribution in [1.29, 1.82) is 0 Å². The second-order valence-corrected chi connectivity index (χ2v) is 8.95. The molecule has 2 aromatic rings. The van der Waals surface area contributed by atoms with E-state index in [2.05, 4.69) is 15.0 Å². The van der Waals surface area contributed by atoms with Crippen LogP contribution in [-0.4, -0.2) is 50.0 Å². The molecule has 0 fully saturated rings. The summed E-state index contributed by atoms with van der Waals surface area (Å²) in [6.07, 6.45) is 1.44. The quantitative estimate of drug-likeness (QED) is 0.346. The number of carboxylic acid groups (broad SMARTS) is 1. The van der Waals surface area contributed by atoms with E-state index in [4.69, 9.17) is 9.84 Å². The summed E-state index contributed by atoms with van der Waals surface area (Å²) in [5, 5.41) is 11.8. The molecule has 1 aliphatic rings. The van der Waals surface area contributed by atoms with Crippen molar-refractivity contribution in [2.24, 2.45) is 0 Å². The largest absolute Gasteiger partial charge is 0.481 e. The van der Waals surface area contributed by atoms with Gasteiger partial charge in [0.15, 0.2) is 0 Å². The van der Waals surface area contributed by atoms with Crippen LogP contribution in [0.25, 0.3) is 11.6 Å². The van der Waals surface area contributed by atoms with Gasteiger partial charge < -0.3 is 20.1 Å². The van der Waals surface area contributed by atoms with E-state index in [1.54, 1.807) is 13.8 Å². The minimum Gasteiger partial charge on any atom is -0.481 e. The molecule has 1 aromatic carbocycles. The summed E-state index contributed by atoms with van der Waals surface area (Å²) >= 11 is 0. The smallest absolute Gasteiger partial charge is 0.355 e. The van der Waals surface area contributed by atoms with Crippen molar-refractivity contribution in [2.45, 2.75) is 31.6 Å². The molecule has 32 heavy (non-hydrogen) atoms. The highest BCUT2D eigenvalue weighted by atomic mass is 32.2. The second kappa shape index (κ2) is 8.97. The van der Waals surface area contributed by atoms with Gasteiger partial charge in [0.1, 0.15) is 5.69 Å². The maximum atomic E-state index is 12.6. The SMILES string of the molecule is CCOC(=O)c1[nH]c(/C=C2\C(=O)Nc3ccc(S(=O)(=O)NC)cc32)c(CCC(=O)O)c1C. The van der Waals surface area contributed by atoms with Gasteiger partial charge in [-0.25, -0.2) is 17.9 Å². The van der Waals surface area contributed by atoms with E-state index in [1.807, 2.05) is 0 Å². The molecule has 0 saturated carbocycles. The maximum Gasteiger partial charge on any atom is 0.355 e. The van der Waals surface area contributed by atoms with Crippen LogP contribution in [0.15, 0.2) is 23.1 Å². The van der Waals surface area contributed by atoms with Gasteiger partial charge in [-0.2, -0.15) is 0 Å². The Morgan fingerprint density at radius 3 is 2.62 bits per heavy atom. The van der Waals surface area contributed by atoms with Crippen molar-refractivity contribution in [3.05, 3.63) is 46.3 Å². The van der Waals surface area contributed by atoms with E-state index in [0.29, 0.717) is 28.1 Å². The third-order valence-corrected chi connectivity index (χ3v) is 6.53. The molecule has 170 valence electrons. The van der Waals surface area contributed by atoms with Crippen molar-refractivity contribution in [3.8, 4) is 0 Å². The number of fused-ring (bicyclic) bond motifs is 1. The van der Waals surface area contributed by atoms with Crippen LogP contribution in [0.4, 0.5) is 5.69 Å². The lowest BCUT2D eigenvalue weighted by molar-refractivity contribution is -0.137. The van der Waals surface area contributed by atoms with Gasteiger partial charge in [-0.15, -0.1) is 0 Å². The topological polar surface area (TPSA) is 155 Å². The Balaban J connectivity index is 2.14. The lowest BCUT2D eigenvalue weighted by atomic mass is 10.0. The minimum absolute atomic E-state index is 0.0119. The number of aliphatic carboxylic acids is 1. The number of ether oxygens (including phenoxy) is 1. The lowest BCUT2D eigenvalue weighted by Crippen LogP contribution is -2.18. The fourth-order valence-corrected chi connectivity index (χ4v) is 4.24. The molecule has 2 heterocycles. The zero-order valence-corrected chi connectivity index (χ0v) is 18.6. The van der Waals surface area contributed by atoms with Crippen LogP contribution >= 0.6 is 0 Å². The van der Waals surface area contributed by atoms with Crippen LogP contribution in [-0.2, 0) is 30.8 Å². The van der Waals surface area contributed by atoms with Crippen LogP contribution in [0.3, 0.4) is 0 Å². The van der Waals surface area contributed by atoms with Gasteiger partial charge in [-0.3, -0.25) is 9.59 Å². The number of benzene rings is 1. The van der Waals surface area contributed by atoms with Crippen molar-refractivity contribution in [2.75, 3.05) is 19.0 Å². The third kappa shape index (κ3) is 4.43. The van der Waals surface area contributed by atoms with E-state index in [0.717, 1.165) is 0 Å². The normalized spacial score (nSPS) is 14.3. The zero-order chi connectivity index (χ0) is 23.6. The molecule has 0 spiro atoms. The van der Waals surface area contributed by atoms with Crippen LogP contribution in [0.5, 0.6) is 0 Å². The number of sulfonamides is 1. The standard InChI is InChI=1S/C21H23N3O7S/c1-4-31-21(28)19-11(2)13(6-8-18(25)26)17(23-19)10-15-14-9-12(32(29,30)22-3)5-7-16(14)24-20(15)27/h5,7,9-10,22-23H,4,6,8H2,1-3H3,(H,24,27)(H,25,26)/b15-10-. The molecule has 1 aromatic heterocycles. The average Bonchev–Trinajstić information content (AvgIpc) is 3.22. The van der Waals surface area contributed by atoms with Crippen LogP contribution in [0.1, 0.15) is 46.2 Å². The molecule has 0 bridgehead atoms. The highest BCUT2D eigenvalue weighted by Gasteiger charge is 2.28. The van der Waals surface area contributed by atoms with Crippen molar-refractivity contribution < 1.29 is 32.6 Å². The minimum atomic E-state index is -3.73. The number of aromatic amines is 1. The number of hydrogen-bond acceptors (Lipinski definition) is 6. The lowest BCUT2D eigenvalue weighted by Gasteiger charge is -2.05. The fraction of sp³-hybridized carbons (Fsp3) is 0.286. The molecule has 11 heteroatoms. The summed E-state index contributed by atoms with van der Waals surface area (Å²) < 4.78 is 31.7. The molecule has 0 aliphatic carbocycles. The molecule has 1 aliphatic heterocycles. The number of amides is 1. The maximum absolute atomic E-state index is 12.6. The first-order chi connectivity index (χ1) is 15.1. The number of rotatable bonds is 8. The predicted octanol–water partition coefficient (Wildman–Crippen LogP) is 1.92. The average molecular weight is 461 g/mol. The van der Waals surface area contributed by atoms with Gasteiger partial charge in [0.2, 0.25) is 10.0 Å². The number of carbonyl (C=O) groups is 3. The number of nitrogens with one attached hydrogen (secondary N) is 3. The van der Waals surface area contributed by atoms with Crippen molar-refractivity contribution in [1.82, 2.24) is 9.71 Å². The number of anilines is 1. The molecule has 10 nitrogen and oxygen atoms in total. The Hall–Kier alpha value is -3.44. The van der Waals surface area contributed by atoms with Gasteiger partial charge in [-0.1, -0.05) is 0 Å². The van der Waals surface area contributed by atoms with E-state index in [9.17, 15) is 22.8 Å². The summed E-state index contributed by atoms with van der Waals surface area (Å²) in [7, 11) is -2.44. The number of hydrogen-bond donors (Lipinski definition) is 4. The van der Waals surface area contributed by atoms with Gasteiger partial charge in [0, 0.05) is 23.4 Å². The molecule has 3 rings (SSSR count). The van der Waals surface area contributed by atoms with E-state index < -0.39 is 27.9 Å². The number of aromatic nitrogens is 1. The molecule has 0 atom stereocenters. The first kappa shape index (κ1) is 23.2. The van der Waals surface area contributed by atoms with Crippen molar-refractivity contribution in [3.63, 3.8) is 0 Å². The monoisotopic (exact) mass is 461 g/mol. The van der Waals surface area contributed by atoms with Crippen LogP contribution in [0, 0.1) is 6.92 Å². The van der Waals surface area contributed by atoms with Gasteiger partial charge in [-0.05, 0) is 62.7 Å². The van der Waals surface area contributed by atoms with Crippen LogP contribution in [0.2, 0.25) is 0 Å². The highest BCUT2D eigenvalue weighted by molar-refractivity contribution is 7.89. The Morgan fingerprint density at radius 1 is 1.28 bits per heavy atom. The number of carboxylic acids is 1. The van der Waals surface area contributed by atoms with E-state index in [-0.39, 0.29) is 35.6 Å². The predicted molar refractivity (Wildman–Crippen MR) is 117 cm³/mol. The molecular weight excluding hydrogens is 438 g/mol. The summed E-state index contributed by atoms with van der Waals surface area (Å²) in [4.78, 5) is 39.0. The Morgan fingerprint density at radius 2 is 2.00 bits per heavy atom. The summed E-state index contributed by atoms with van der Waals surface area (Å²) in [6.45, 7) is 3.50. The van der Waals surface area contributed by atoms with E-state index in [1.165, 1.54) is 31.3 Å². The highest BCUT2D eigenvalue weighted by Crippen LogP contribution is 2.36. The van der Waals surface area contributed by atoms with Gasteiger partial charge >= 0.3 is 11.9 Å². The number of carbonyl (C=O) groups excluding carboxylic acids is 2. The first-order valence-electron chi connectivity index (χ1n) is 9.80. The molecule has 0 radical (unpaired) electrons. The molecule has 0 unspecified atom stereocenters. The van der Waals surface area contributed by atoms with Crippen LogP contribution < -0.4 is 10.0 Å². The molecule has 0 saturated heterocycles. The fourth-order valence-electron chi connectivity index (χ4n) is 3.48. The number of H-pyrrole nitrogens is 1. The van der Waals surface area contributed by atoms with Gasteiger partial charge in [0.25, 0.3) is 5.91 Å². The van der Waals surface area contributed by atoms with Gasteiger partial charge in [0.05, 0.1) is 17.1 Å². The summed E-state index contributed by atoms with van der Waals surface area (Å²) in [5.74, 6) is -2.05. The molecule has 1 amide bonds. The summed E-state index contributed by atoms with van der Waals surface area (Å²) in [5.41, 5.74) is 2.64. The first-order valence-corrected chi connectivity index (χ1v) is 11.3. The Bertz CT molecular complexity index is 1240. The second-order valence-electron chi connectivity index (χ2n) is 7.06. The third-order valence-electron chi connectivity index (χ3n) is 5.12. The van der Waals surface area contributed by atoms with Crippen molar-refractivity contribution >= 4 is 45.2 Å². The molecular formula is C21H23N3O7S. The summed E-state index contributed by atoms with van der Waals surface area (Å²) in [6, 6.07) is 4.25. The Labute approximate surface area is 184 Å². The zero-order valence-electron chi connectivity index (χ0n) is 17.7.